The largest absolute Gasteiger partial charge is 0.393 e. The Morgan fingerprint density at radius 3 is 1.48 bits per heavy atom. The number of aliphatic hydroxyl groups is 1. The molecule has 2 unspecified atom stereocenters. The molecule has 0 saturated heterocycles. The first-order valence-electron chi connectivity index (χ1n) is 17.1. The number of aromatic nitrogens is 2. The normalized spacial score (nSPS) is 17.0. The van der Waals surface area contributed by atoms with Crippen LogP contribution in [0.2, 0.25) is 0 Å². The molecule has 0 aliphatic carbocycles. The van der Waals surface area contributed by atoms with Gasteiger partial charge in [-0.05, 0) is 86.8 Å². The van der Waals surface area contributed by atoms with Crippen molar-refractivity contribution in [2.24, 2.45) is 0 Å². The van der Waals surface area contributed by atoms with Gasteiger partial charge in [0.15, 0.2) is 0 Å². The van der Waals surface area contributed by atoms with Crippen LogP contribution in [-0.2, 0) is 23.9 Å². The molecule has 0 saturated carbocycles. The van der Waals surface area contributed by atoms with Gasteiger partial charge in [0.25, 0.3) is 0 Å². The zero-order valence-corrected chi connectivity index (χ0v) is 32.9. The van der Waals surface area contributed by atoms with E-state index in [1.165, 1.54) is 32.0 Å². The number of hydrogen-bond acceptors (Lipinski definition) is 7. The third kappa shape index (κ3) is 7.44. The van der Waals surface area contributed by atoms with Crippen molar-refractivity contribution in [3.63, 3.8) is 0 Å². The van der Waals surface area contributed by atoms with Gasteiger partial charge in [0.2, 0.25) is 0 Å². The fourth-order valence-corrected chi connectivity index (χ4v) is 12.2. The molecule has 4 heterocycles. The Bertz CT molecular complexity index is 1720. The Hall–Kier alpha value is -1.46. The lowest BCUT2D eigenvalue weighted by atomic mass is 9.85. The molecule has 0 spiro atoms. The highest BCUT2D eigenvalue weighted by Crippen LogP contribution is 2.43. The maximum atomic E-state index is 11.1. The van der Waals surface area contributed by atoms with Crippen LogP contribution in [0.5, 0.6) is 0 Å². The summed E-state index contributed by atoms with van der Waals surface area (Å²) in [7, 11) is 0. The number of hydrogen-bond donors (Lipinski definition) is 3. The molecule has 3 nitrogen and oxygen atoms in total. The Kier molecular flexibility index (Phi) is 12.0. The third-order valence-electron chi connectivity index (χ3n) is 10.4. The van der Waals surface area contributed by atoms with Crippen LogP contribution in [0.15, 0.2) is 92.6 Å². The van der Waals surface area contributed by atoms with Crippen LogP contribution >= 0.6 is 73.2 Å². The number of fused-ring (bicyclic) bond motifs is 2. The minimum atomic E-state index is -0.312. The lowest BCUT2D eigenvalue weighted by molar-refractivity contribution is 0.144. The Balaban J connectivity index is 1.08. The van der Waals surface area contributed by atoms with Crippen LogP contribution < -0.4 is 0 Å². The molecule has 2 aromatic heterocycles. The van der Waals surface area contributed by atoms with Crippen molar-refractivity contribution in [3.05, 3.63) is 104 Å². The van der Waals surface area contributed by atoms with E-state index in [9.17, 15) is 5.11 Å². The second-order valence-corrected chi connectivity index (χ2v) is 17.5. The van der Waals surface area contributed by atoms with Crippen LogP contribution in [0.1, 0.15) is 87.5 Å². The Morgan fingerprint density at radius 1 is 0.688 bits per heavy atom. The molecule has 9 heteroatoms. The van der Waals surface area contributed by atoms with Crippen LogP contribution in [-0.4, -0.2) is 31.9 Å². The van der Waals surface area contributed by atoms with E-state index < -0.39 is 0 Å². The number of nitrogens with zero attached hydrogens (tertiary/aromatic N) is 2. The van der Waals surface area contributed by atoms with Crippen molar-refractivity contribution in [1.82, 2.24) is 9.13 Å². The third-order valence-corrected chi connectivity index (χ3v) is 14.1. The van der Waals surface area contributed by atoms with E-state index in [4.69, 9.17) is 49.7 Å². The molecule has 254 valence electrons. The van der Waals surface area contributed by atoms with Crippen molar-refractivity contribution in [1.29, 1.82) is 0 Å². The lowest BCUT2D eigenvalue weighted by Crippen LogP contribution is -2.34. The van der Waals surface area contributed by atoms with E-state index >= 15 is 0 Å². The minimum absolute atomic E-state index is 0.310. The number of unbranched alkanes of at least 4 members (excludes halogenated alkanes) is 2. The fourth-order valence-electron chi connectivity index (χ4n) is 7.64. The van der Waals surface area contributed by atoms with E-state index in [0.717, 1.165) is 95.0 Å². The van der Waals surface area contributed by atoms with E-state index in [1.54, 1.807) is 0 Å². The molecule has 2 aliphatic heterocycles. The predicted molar refractivity (Wildman–Crippen MR) is 215 cm³/mol. The number of rotatable bonds is 14. The fraction of sp³-hybridized carbons (Fsp3) is 0.436. The minimum Gasteiger partial charge on any atom is -0.393 e. The monoisotopic (exact) mass is 750 g/mol. The van der Waals surface area contributed by atoms with E-state index in [-0.39, 0.29) is 17.2 Å². The Morgan fingerprint density at radius 2 is 1.08 bits per heavy atom. The summed E-state index contributed by atoms with van der Waals surface area (Å²) in [5, 5.41) is 13.1. The highest BCUT2D eigenvalue weighted by Gasteiger charge is 2.34. The molecule has 2 aromatic carbocycles. The first-order valence-corrected chi connectivity index (χ1v) is 20.8. The van der Waals surface area contributed by atoms with Crippen molar-refractivity contribution in [3.8, 4) is 0 Å². The van der Waals surface area contributed by atoms with Crippen LogP contribution in [0.25, 0.3) is 0 Å². The summed E-state index contributed by atoms with van der Waals surface area (Å²) in [6, 6.07) is 25.8. The van der Waals surface area contributed by atoms with Crippen molar-refractivity contribution in [2.75, 3.05) is 11.5 Å². The molecular weight excluding hydrogens is 705 g/mol. The van der Waals surface area contributed by atoms with Gasteiger partial charge in [0.1, 0.15) is 9.28 Å². The summed E-state index contributed by atoms with van der Waals surface area (Å²) >= 11 is 25.9. The van der Waals surface area contributed by atoms with Crippen LogP contribution in [0, 0.1) is 9.28 Å². The molecule has 1 N–H and O–H groups in total. The van der Waals surface area contributed by atoms with E-state index in [2.05, 4.69) is 95.8 Å². The van der Waals surface area contributed by atoms with Crippen LogP contribution in [0.3, 0.4) is 0 Å². The maximum Gasteiger partial charge on any atom is 0.108 e. The smallest absolute Gasteiger partial charge is 0.108 e. The number of thiol groups is 2. The Labute approximate surface area is 316 Å². The summed E-state index contributed by atoms with van der Waals surface area (Å²) in [6.45, 7) is 4.60. The average molecular weight is 751 g/mol. The van der Waals surface area contributed by atoms with Crippen molar-refractivity contribution in [2.45, 2.75) is 115 Å². The second kappa shape index (κ2) is 15.8. The van der Waals surface area contributed by atoms with Gasteiger partial charge in [-0.1, -0.05) is 111 Å². The SMILES string of the molecule is CC(CCCCC(O)CCCCC(C)(c1ccccc1)n1c(S)c2c(cc1=S)SCC2)(c1ccccc1)n1c(S)c2c(cc1=S)SCC2. The maximum absolute atomic E-state index is 11.1. The first kappa shape index (κ1) is 36.3. The van der Waals surface area contributed by atoms with Crippen LogP contribution in [0.4, 0.5) is 0 Å². The number of aliphatic hydroxyl groups excluding tert-OH is 1. The predicted octanol–water partition coefficient (Wildman–Crippen LogP) is 11.3. The molecule has 4 aromatic rings. The zero-order chi connectivity index (χ0) is 33.9. The molecule has 0 fully saturated rings. The molecule has 0 radical (unpaired) electrons. The van der Waals surface area contributed by atoms with Gasteiger partial charge in [-0.25, -0.2) is 0 Å². The van der Waals surface area contributed by atoms with Gasteiger partial charge in [0, 0.05) is 21.3 Å². The first-order chi connectivity index (χ1) is 23.1. The average Bonchev–Trinajstić information content (AvgIpc) is 3.76. The molecule has 0 amide bonds. The standard InChI is InChI=1S/C39H46N2OS6/c1-38(27-13-5-3-6-14-27,40-34(43)25-32-30(36(40)45)19-23-47-32)21-11-9-17-29(42)18-10-12-22-39(2,28-15-7-4-8-16-28)41-35(44)26-33-31(37(41)46)20-24-48-33/h3-8,13-16,25-26,29,42,45-46H,9-12,17-24H2,1-2H3. The van der Waals surface area contributed by atoms with Gasteiger partial charge in [-0.3, -0.25) is 0 Å². The highest BCUT2D eigenvalue weighted by molar-refractivity contribution is 8.00. The summed E-state index contributed by atoms with van der Waals surface area (Å²) in [5.41, 5.74) is 4.51. The van der Waals surface area contributed by atoms with Gasteiger partial charge >= 0.3 is 0 Å². The summed E-state index contributed by atoms with van der Waals surface area (Å²) in [6.07, 6.45) is 9.14. The van der Waals surface area contributed by atoms with Gasteiger partial charge in [0.05, 0.1) is 27.2 Å². The topological polar surface area (TPSA) is 30.1 Å². The van der Waals surface area contributed by atoms with E-state index in [0.29, 0.717) is 0 Å². The summed E-state index contributed by atoms with van der Waals surface area (Å²) in [5.74, 6) is 2.18. The summed E-state index contributed by atoms with van der Waals surface area (Å²) < 4.78 is 6.25. The second-order valence-electron chi connectivity index (χ2n) is 13.6. The lowest BCUT2D eigenvalue weighted by Gasteiger charge is -2.36. The van der Waals surface area contributed by atoms with Gasteiger partial charge in [-0.15, -0.1) is 48.8 Å². The molecule has 2 aliphatic rings. The van der Waals surface area contributed by atoms with Crippen molar-refractivity contribution < 1.29 is 5.11 Å². The number of thioether (sulfide) groups is 2. The molecule has 2 atom stereocenters. The molecule has 48 heavy (non-hydrogen) atoms. The van der Waals surface area contributed by atoms with E-state index in [1.807, 2.05) is 23.5 Å². The zero-order valence-electron chi connectivity index (χ0n) is 27.9. The van der Waals surface area contributed by atoms with Gasteiger partial charge < -0.3 is 14.2 Å². The number of benzene rings is 2. The molecule has 6 rings (SSSR count). The highest BCUT2D eigenvalue weighted by atomic mass is 32.2. The quantitative estimate of drug-likeness (QED) is 0.0679. The number of pyridine rings is 2. The molecule has 0 bridgehead atoms. The molecular formula is C39H46N2OS6. The van der Waals surface area contributed by atoms with Crippen molar-refractivity contribution >= 4 is 73.2 Å². The van der Waals surface area contributed by atoms with Gasteiger partial charge in [-0.2, -0.15) is 0 Å². The summed E-state index contributed by atoms with van der Waals surface area (Å²) in [4.78, 5) is 2.56.